The van der Waals surface area contributed by atoms with Gasteiger partial charge in [0, 0.05) is 16.1 Å². The van der Waals surface area contributed by atoms with Gasteiger partial charge in [-0.05, 0) is 54.8 Å². The highest BCUT2D eigenvalue weighted by molar-refractivity contribution is 9.10. The molecule has 2 aromatic carbocycles. The van der Waals surface area contributed by atoms with Crippen LogP contribution in [0.25, 0.3) is 10.8 Å². The minimum absolute atomic E-state index is 0.586. The number of rotatable bonds is 3. The molecule has 3 rings (SSSR count). The molecule has 3 heteroatoms. The summed E-state index contributed by atoms with van der Waals surface area (Å²) in [5.74, 6) is 1.00. The van der Waals surface area contributed by atoms with Gasteiger partial charge in [0.05, 0.1) is 7.11 Å². The zero-order chi connectivity index (χ0) is 13.2. The van der Waals surface area contributed by atoms with Crippen molar-refractivity contribution in [1.29, 1.82) is 0 Å². The summed E-state index contributed by atoms with van der Waals surface area (Å²) in [4.78, 5) is 0. The second kappa shape index (κ2) is 5.51. The van der Waals surface area contributed by atoms with Crippen LogP contribution in [0.15, 0.2) is 34.8 Å². The van der Waals surface area contributed by atoms with E-state index in [1.807, 2.05) is 0 Å². The molecule has 1 atom stereocenters. The topological polar surface area (TPSA) is 21.3 Å². The molecule has 0 amide bonds. The van der Waals surface area contributed by atoms with Gasteiger partial charge in [-0.1, -0.05) is 28.1 Å². The highest BCUT2D eigenvalue weighted by Gasteiger charge is 2.18. The average molecular weight is 320 g/mol. The predicted molar refractivity (Wildman–Crippen MR) is 82.9 cm³/mol. The van der Waals surface area contributed by atoms with Gasteiger partial charge >= 0.3 is 0 Å². The molecular weight excluding hydrogens is 302 g/mol. The van der Waals surface area contributed by atoms with Gasteiger partial charge in [0.2, 0.25) is 0 Å². The Labute approximate surface area is 122 Å². The van der Waals surface area contributed by atoms with Crippen LogP contribution >= 0.6 is 15.9 Å². The summed E-state index contributed by atoms with van der Waals surface area (Å²) >= 11 is 3.54. The highest BCUT2D eigenvalue weighted by atomic mass is 79.9. The third kappa shape index (κ3) is 2.63. The summed E-state index contributed by atoms with van der Waals surface area (Å²) in [6.07, 6.45) is 3.58. The molecule has 1 fully saturated rings. The Morgan fingerprint density at radius 2 is 2.21 bits per heavy atom. The molecule has 100 valence electrons. The van der Waals surface area contributed by atoms with Crippen LogP contribution < -0.4 is 10.1 Å². The van der Waals surface area contributed by atoms with Crippen molar-refractivity contribution in [3.05, 3.63) is 40.4 Å². The smallest absolute Gasteiger partial charge is 0.122 e. The molecule has 1 heterocycles. The van der Waals surface area contributed by atoms with Gasteiger partial charge in [0.15, 0.2) is 0 Å². The zero-order valence-electron chi connectivity index (χ0n) is 11.1. The number of benzene rings is 2. The molecular formula is C16H18BrNO. The molecule has 1 N–H and O–H groups in total. The van der Waals surface area contributed by atoms with Crippen molar-refractivity contribution in [2.24, 2.45) is 0 Å². The fourth-order valence-electron chi connectivity index (χ4n) is 2.92. The maximum Gasteiger partial charge on any atom is 0.122 e. The van der Waals surface area contributed by atoms with E-state index in [9.17, 15) is 0 Å². The van der Waals surface area contributed by atoms with Gasteiger partial charge in [0.1, 0.15) is 5.75 Å². The summed E-state index contributed by atoms with van der Waals surface area (Å²) in [6.45, 7) is 1.14. The quantitative estimate of drug-likeness (QED) is 0.926. The van der Waals surface area contributed by atoms with E-state index >= 15 is 0 Å². The average Bonchev–Trinajstić information content (AvgIpc) is 2.92. The fourth-order valence-corrected chi connectivity index (χ4v) is 3.30. The first-order valence-electron chi connectivity index (χ1n) is 6.76. The molecule has 1 aliphatic heterocycles. The van der Waals surface area contributed by atoms with Crippen LogP contribution in [-0.4, -0.2) is 19.7 Å². The summed E-state index contributed by atoms with van der Waals surface area (Å²) in [7, 11) is 1.76. The number of methoxy groups -OCH3 is 1. The Morgan fingerprint density at radius 3 is 2.95 bits per heavy atom. The van der Waals surface area contributed by atoms with Crippen LogP contribution in [0.5, 0.6) is 5.75 Å². The molecule has 0 saturated carbocycles. The normalized spacial score (nSPS) is 18.9. The zero-order valence-corrected chi connectivity index (χ0v) is 12.7. The third-order valence-electron chi connectivity index (χ3n) is 3.88. The first-order chi connectivity index (χ1) is 9.28. The first-order valence-corrected chi connectivity index (χ1v) is 7.56. The van der Waals surface area contributed by atoms with Crippen LogP contribution in [0.2, 0.25) is 0 Å². The summed E-state index contributed by atoms with van der Waals surface area (Å²) < 4.78 is 6.67. The van der Waals surface area contributed by atoms with Crippen LogP contribution in [0.1, 0.15) is 18.4 Å². The maximum atomic E-state index is 5.55. The molecule has 1 aliphatic rings. The Morgan fingerprint density at radius 1 is 1.32 bits per heavy atom. The van der Waals surface area contributed by atoms with Crippen molar-refractivity contribution < 1.29 is 4.74 Å². The van der Waals surface area contributed by atoms with Crippen molar-refractivity contribution in [1.82, 2.24) is 5.32 Å². The second-order valence-electron chi connectivity index (χ2n) is 5.11. The van der Waals surface area contributed by atoms with Crippen LogP contribution in [0, 0.1) is 0 Å². The molecule has 1 unspecified atom stereocenters. The largest absolute Gasteiger partial charge is 0.496 e. The van der Waals surface area contributed by atoms with Crippen LogP contribution in [0.3, 0.4) is 0 Å². The summed E-state index contributed by atoms with van der Waals surface area (Å²) in [5, 5.41) is 6.14. The number of nitrogens with one attached hydrogen (secondary N) is 1. The van der Waals surface area contributed by atoms with E-state index in [2.05, 4.69) is 51.6 Å². The number of halogens is 1. The number of ether oxygens (including phenoxy) is 1. The van der Waals surface area contributed by atoms with Crippen molar-refractivity contribution in [2.45, 2.75) is 25.3 Å². The lowest BCUT2D eigenvalue weighted by atomic mass is 9.97. The minimum atomic E-state index is 0.586. The Kier molecular flexibility index (Phi) is 3.76. The molecule has 0 aromatic heterocycles. The molecule has 0 spiro atoms. The van der Waals surface area contributed by atoms with E-state index < -0.39 is 0 Å². The number of hydrogen-bond acceptors (Lipinski definition) is 2. The Balaban J connectivity index is 2.07. The van der Waals surface area contributed by atoms with Gasteiger partial charge < -0.3 is 10.1 Å². The van der Waals surface area contributed by atoms with Gasteiger partial charge in [-0.15, -0.1) is 0 Å². The lowest BCUT2D eigenvalue weighted by Gasteiger charge is -2.16. The van der Waals surface area contributed by atoms with E-state index in [0.29, 0.717) is 6.04 Å². The van der Waals surface area contributed by atoms with Crippen LogP contribution in [0.4, 0.5) is 0 Å². The Bertz CT molecular complexity index is 591. The molecule has 2 aromatic rings. The molecule has 0 radical (unpaired) electrons. The van der Waals surface area contributed by atoms with E-state index in [1.54, 1.807) is 7.11 Å². The summed E-state index contributed by atoms with van der Waals surface area (Å²) in [5.41, 5.74) is 1.33. The minimum Gasteiger partial charge on any atom is -0.496 e. The van der Waals surface area contributed by atoms with E-state index in [1.165, 1.54) is 29.2 Å². The monoisotopic (exact) mass is 319 g/mol. The van der Waals surface area contributed by atoms with Crippen molar-refractivity contribution >= 4 is 26.7 Å². The van der Waals surface area contributed by atoms with Gasteiger partial charge in [0.25, 0.3) is 0 Å². The summed E-state index contributed by atoms with van der Waals surface area (Å²) in [6, 6.07) is 11.3. The number of fused-ring (bicyclic) bond motifs is 1. The molecule has 2 nitrogen and oxygen atoms in total. The lowest BCUT2D eigenvalue weighted by Crippen LogP contribution is -2.24. The van der Waals surface area contributed by atoms with Gasteiger partial charge in [-0.3, -0.25) is 0 Å². The highest BCUT2D eigenvalue weighted by Crippen LogP contribution is 2.31. The SMILES string of the molecule is COc1ccc2cc(Br)ccc2c1CC1CCCN1. The maximum absolute atomic E-state index is 5.55. The van der Waals surface area contributed by atoms with Gasteiger partial charge in [-0.2, -0.15) is 0 Å². The van der Waals surface area contributed by atoms with Crippen molar-refractivity contribution in [3.8, 4) is 5.75 Å². The first kappa shape index (κ1) is 12.9. The number of hydrogen-bond donors (Lipinski definition) is 1. The standard InChI is InChI=1S/C16H18BrNO/c1-19-16-7-4-11-9-12(17)5-6-14(11)15(16)10-13-3-2-8-18-13/h4-7,9,13,18H,2-3,8,10H2,1H3. The van der Waals surface area contributed by atoms with E-state index in [-0.39, 0.29) is 0 Å². The Hall–Kier alpha value is -1.06. The molecule has 0 aliphatic carbocycles. The molecule has 0 bridgehead atoms. The second-order valence-corrected chi connectivity index (χ2v) is 6.02. The van der Waals surface area contributed by atoms with E-state index in [4.69, 9.17) is 4.74 Å². The van der Waals surface area contributed by atoms with Crippen LogP contribution in [-0.2, 0) is 6.42 Å². The van der Waals surface area contributed by atoms with E-state index in [0.717, 1.165) is 23.2 Å². The predicted octanol–water partition coefficient (Wildman–Crippen LogP) is 3.91. The molecule has 1 saturated heterocycles. The van der Waals surface area contributed by atoms with Crippen molar-refractivity contribution in [3.63, 3.8) is 0 Å². The van der Waals surface area contributed by atoms with Gasteiger partial charge in [-0.25, -0.2) is 0 Å². The fraction of sp³-hybridized carbons (Fsp3) is 0.375. The molecule has 19 heavy (non-hydrogen) atoms. The lowest BCUT2D eigenvalue weighted by molar-refractivity contribution is 0.408. The third-order valence-corrected chi connectivity index (χ3v) is 4.38. The van der Waals surface area contributed by atoms with Crippen molar-refractivity contribution in [2.75, 3.05) is 13.7 Å².